The van der Waals surface area contributed by atoms with Gasteiger partial charge in [0.2, 0.25) is 0 Å². The Morgan fingerprint density at radius 2 is 0.946 bits per heavy atom. The number of benzene rings is 10. The predicted octanol–water partition coefficient (Wildman–Crippen LogP) is 15.5. The lowest BCUT2D eigenvalue weighted by Crippen LogP contribution is -2.15. The standard InChI is InChI=1S/C55H36O/c1-55(2)48-32-36(26-27-40(48)46-29-30-49-52(53(46)55)47-28-25-34-14-4-6-19-39(34)54(47)56-49)35-16-11-17-37(31-35)50-42-20-7-9-22-44(42)51(45-23-10-8-21-43(45)50)41-24-12-15-33-13-3-5-18-38(33)41/h3-32H,1-2H3. The van der Waals surface area contributed by atoms with E-state index >= 15 is 0 Å². The topological polar surface area (TPSA) is 13.1 Å². The van der Waals surface area contributed by atoms with Gasteiger partial charge in [-0.2, -0.15) is 0 Å². The molecule has 0 saturated carbocycles. The molecule has 262 valence electrons. The zero-order valence-corrected chi connectivity index (χ0v) is 31.2. The molecular weight excluding hydrogens is 677 g/mol. The number of furan rings is 1. The molecule has 10 aromatic carbocycles. The monoisotopic (exact) mass is 712 g/mol. The molecule has 0 fully saturated rings. The highest BCUT2D eigenvalue weighted by molar-refractivity contribution is 6.24. The zero-order chi connectivity index (χ0) is 37.1. The molecule has 0 amide bonds. The van der Waals surface area contributed by atoms with Gasteiger partial charge in [-0.25, -0.2) is 0 Å². The molecule has 0 unspecified atom stereocenters. The van der Waals surface area contributed by atoms with Crippen LogP contribution in [0.15, 0.2) is 186 Å². The van der Waals surface area contributed by atoms with Crippen LogP contribution in [-0.4, -0.2) is 0 Å². The third kappa shape index (κ3) is 4.31. The van der Waals surface area contributed by atoms with Gasteiger partial charge < -0.3 is 4.42 Å². The van der Waals surface area contributed by atoms with Crippen molar-refractivity contribution in [1.82, 2.24) is 0 Å². The van der Waals surface area contributed by atoms with Crippen molar-refractivity contribution in [1.29, 1.82) is 0 Å². The summed E-state index contributed by atoms with van der Waals surface area (Å²) < 4.78 is 6.64. The molecule has 56 heavy (non-hydrogen) atoms. The van der Waals surface area contributed by atoms with E-state index in [1.54, 1.807) is 0 Å². The van der Waals surface area contributed by atoms with Crippen LogP contribution in [0, 0.1) is 0 Å². The van der Waals surface area contributed by atoms with Crippen molar-refractivity contribution in [2.45, 2.75) is 19.3 Å². The van der Waals surface area contributed by atoms with E-state index in [0.717, 1.165) is 16.6 Å². The summed E-state index contributed by atoms with van der Waals surface area (Å²) in [4.78, 5) is 0. The van der Waals surface area contributed by atoms with E-state index in [0.29, 0.717) is 0 Å². The van der Waals surface area contributed by atoms with Gasteiger partial charge in [0.1, 0.15) is 11.2 Å². The highest BCUT2D eigenvalue weighted by Crippen LogP contribution is 2.54. The number of hydrogen-bond acceptors (Lipinski definition) is 1. The molecule has 11 aromatic rings. The van der Waals surface area contributed by atoms with E-state index in [2.05, 4.69) is 196 Å². The Morgan fingerprint density at radius 3 is 1.70 bits per heavy atom. The molecule has 0 radical (unpaired) electrons. The molecule has 1 aromatic heterocycles. The van der Waals surface area contributed by atoms with Crippen LogP contribution >= 0.6 is 0 Å². The summed E-state index contributed by atoms with van der Waals surface area (Å²) in [6, 6.07) is 67.1. The fraction of sp³-hybridized carbons (Fsp3) is 0.0545. The van der Waals surface area contributed by atoms with Crippen LogP contribution in [0.1, 0.15) is 25.0 Å². The van der Waals surface area contributed by atoms with Crippen molar-refractivity contribution >= 4 is 65.0 Å². The largest absolute Gasteiger partial charge is 0.455 e. The Bertz CT molecular complexity index is 3390. The number of fused-ring (bicyclic) bond motifs is 12. The van der Waals surface area contributed by atoms with Gasteiger partial charge >= 0.3 is 0 Å². The quantitative estimate of drug-likeness (QED) is 0.166. The maximum atomic E-state index is 6.64. The van der Waals surface area contributed by atoms with Gasteiger partial charge in [0, 0.05) is 21.6 Å². The summed E-state index contributed by atoms with van der Waals surface area (Å²) in [5.74, 6) is 0. The first-order valence-corrected chi connectivity index (χ1v) is 19.6. The van der Waals surface area contributed by atoms with Gasteiger partial charge in [0.25, 0.3) is 0 Å². The van der Waals surface area contributed by atoms with E-state index in [1.165, 1.54) is 104 Å². The summed E-state index contributed by atoms with van der Waals surface area (Å²) in [5.41, 5.74) is 14.5. The van der Waals surface area contributed by atoms with E-state index in [1.807, 2.05) is 0 Å². The van der Waals surface area contributed by atoms with Crippen molar-refractivity contribution in [3.8, 4) is 44.5 Å². The molecule has 0 aliphatic heterocycles. The Morgan fingerprint density at radius 1 is 0.375 bits per heavy atom. The minimum Gasteiger partial charge on any atom is -0.455 e. The summed E-state index contributed by atoms with van der Waals surface area (Å²) in [6.07, 6.45) is 0. The second kappa shape index (κ2) is 11.5. The van der Waals surface area contributed by atoms with Gasteiger partial charge in [0.05, 0.1) is 0 Å². The van der Waals surface area contributed by atoms with E-state index in [-0.39, 0.29) is 5.41 Å². The molecule has 1 heterocycles. The average Bonchev–Trinajstić information content (AvgIpc) is 3.74. The Balaban J connectivity index is 1.03. The van der Waals surface area contributed by atoms with Crippen LogP contribution in [0.25, 0.3) is 110 Å². The second-order valence-corrected chi connectivity index (χ2v) is 16.0. The summed E-state index contributed by atoms with van der Waals surface area (Å²) in [6.45, 7) is 4.76. The van der Waals surface area contributed by atoms with Crippen LogP contribution in [0.5, 0.6) is 0 Å². The normalized spacial score (nSPS) is 13.3. The summed E-state index contributed by atoms with van der Waals surface area (Å²) >= 11 is 0. The van der Waals surface area contributed by atoms with Gasteiger partial charge in [-0.05, 0) is 118 Å². The molecule has 1 aliphatic carbocycles. The summed E-state index contributed by atoms with van der Waals surface area (Å²) in [5, 5.41) is 12.4. The summed E-state index contributed by atoms with van der Waals surface area (Å²) in [7, 11) is 0. The molecule has 0 N–H and O–H groups in total. The lowest BCUT2D eigenvalue weighted by atomic mass is 9.79. The molecule has 0 bridgehead atoms. The fourth-order valence-corrected chi connectivity index (χ4v) is 10.1. The van der Waals surface area contributed by atoms with Crippen molar-refractivity contribution in [2.24, 2.45) is 0 Å². The number of rotatable bonds is 3. The van der Waals surface area contributed by atoms with Gasteiger partial charge in [-0.3, -0.25) is 0 Å². The fourth-order valence-electron chi connectivity index (χ4n) is 10.1. The number of hydrogen-bond donors (Lipinski definition) is 0. The molecule has 0 spiro atoms. The molecular formula is C55H36O. The Hall–Kier alpha value is -6.96. The first kappa shape index (κ1) is 31.4. The van der Waals surface area contributed by atoms with Crippen LogP contribution in [0.4, 0.5) is 0 Å². The van der Waals surface area contributed by atoms with Gasteiger partial charge in [-0.1, -0.05) is 172 Å². The van der Waals surface area contributed by atoms with Crippen molar-refractivity contribution < 1.29 is 4.42 Å². The minimum atomic E-state index is -0.218. The van der Waals surface area contributed by atoms with E-state index < -0.39 is 0 Å². The lowest BCUT2D eigenvalue weighted by molar-refractivity contribution is 0.658. The van der Waals surface area contributed by atoms with Crippen LogP contribution in [-0.2, 0) is 5.41 Å². The highest BCUT2D eigenvalue weighted by atomic mass is 16.3. The van der Waals surface area contributed by atoms with Crippen LogP contribution in [0.2, 0.25) is 0 Å². The van der Waals surface area contributed by atoms with Crippen LogP contribution < -0.4 is 0 Å². The molecule has 1 nitrogen and oxygen atoms in total. The maximum absolute atomic E-state index is 6.64. The molecule has 12 rings (SSSR count). The highest BCUT2D eigenvalue weighted by Gasteiger charge is 2.38. The van der Waals surface area contributed by atoms with E-state index in [4.69, 9.17) is 4.42 Å². The maximum Gasteiger partial charge on any atom is 0.143 e. The predicted molar refractivity (Wildman–Crippen MR) is 238 cm³/mol. The smallest absolute Gasteiger partial charge is 0.143 e. The van der Waals surface area contributed by atoms with E-state index in [9.17, 15) is 0 Å². The minimum absolute atomic E-state index is 0.218. The van der Waals surface area contributed by atoms with Crippen molar-refractivity contribution in [3.05, 3.63) is 193 Å². The average molecular weight is 713 g/mol. The molecule has 0 atom stereocenters. The molecule has 0 saturated heterocycles. The first-order valence-electron chi connectivity index (χ1n) is 19.6. The molecule has 1 aliphatic rings. The zero-order valence-electron chi connectivity index (χ0n) is 31.2. The lowest BCUT2D eigenvalue weighted by Gasteiger charge is -2.23. The first-order chi connectivity index (χ1) is 27.5. The second-order valence-electron chi connectivity index (χ2n) is 16.0. The van der Waals surface area contributed by atoms with Crippen molar-refractivity contribution in [2.75, 3.05) is 0 Å². The Kier molecular flexibility index (Phi) is 6.46. The van der Waals surface area contributed by atoms with Gasteiger partial charge in [-0.15, -0.1) is 0 Å². The van der Waals surface area contributed by atoms with Crippen molar-refractivity contribution in [3.63, 3.8) is 0 Å². The van der Waals surface area contributed by atoms with Gasteiger partial charge in [0.15, 0.2) is 0 Å². The third-order valence-electron chi connectivity index (χ3n) is 12.6. The van der Waals surface area contributed by atoms with Crippen LogP contribution in [0.3, 0.4) is 0 Å². The SMILES string of the molecule is CC1(C)c2cc(-c3cccc(-c4c5ccccc5c(-c5cccc6ccccc56)c5ccccc45)c3)ccc2-c2ccc3oc4c5ccccc5ccc4c3c21. The molecule has 1 heteroatoms. The third-order valence-corrected chi connectivity index (χ3v) is 12.6. The Labute approximate surface area is 325 Å².